The number of carboxylic acids is 1. The average Bonchev–Trinajstić information content (AvgIpc) is 2.45. The molecule has 1 heterocycles. The van der Waals surface area contributed by atoms with E-state index < -0.39 is 18.0 Å². The van der Waals surface area contributed by atoms with Gasteiger partial charge in [0, 0.05) is 37.2 Å². The maximum absolute atomic E-state index is 11.9. The predicted octanol–water partition coefficient (Wildman–Crippen LogP) is 1.57. The fourth-order valence-corrected chi connectivity index (χ4v) is 3.41. The van der Waals surface area contributed by atoms with Crippen LogP contribution in [0.1, 0.15) is 46.0 Å². The number of cyclic esters (lactones) is 1. The standard InChI is InChI=1S/C15H22O7S/c1-9-3-4-11(17)7-12(5-6-14(18)21-9)23-8-13(15(19)20)22-10(2)16/h9,12-13H,3-8H2,1-2H3,(H,19,20)/t9-,12-,13+/m0/s1. The van der Waals surface area contributed by atoms with Gasteiger partial charge in [0.25, 0.3) is 0 Å². The fourth-order valence-electron chi connectivity index (χ4n) is 2.17. The molecule has 8 heteroatoms. The van der Waals surface area contributed by atoms with Crippen LogP contribution in [0.5, 0.6) is 0 Å². The zero-order chi connectivity index (χ0) is 17.4. The van der Waals surface area contributed by atoms with E-state index in [0.717, 1.165) is 6.92 Å². The fraction of sp³-hybridized carbons (Fsp3) is 0.733. The molecule has 130 valence electrons. The average molecular weight is 346 g/mol. The Bertz CT molecular complexity index is 463. The number of carbonyl (C=O) groups is 4. The molecule has 7 nitrogen and oxygen atoms in total. The van der Waals surface area contributed by atoms with Gasteiger partial charge < -0.3 is 14.6 Å². The van der Waals surface area contributed by atoms with E-state index in [4.69, 9.17) is 14.6 Å². The highest BCUT2D eigenvalue weighted by Crippen LogP contribution is 2.25. The number of carbonyl (C=O) groups excluding carboxylic acids is 3. The van der Waals surface area contributed by atoms with Gasteiger partial charge in [0.1, 0.15) is 5.78 Å². The van der Waals surface area contributed by atoms with Crippen LogP contribution in [0.3, 0.4) is 0 Å². The van der Waals surface area contributed by atoms with Crippen LogP contribution in [-0.2, 0) is 28.7 Å². The Hall–Kier alpha value is -1.57. The van der Waals surface area contributed by atoms with Gasteiger partial charge in [-0.1, -0.05) is 0 Å². The van der Waals surface area contributed by atoms with Crippen LogP contribution >= 0.6 is 11.8 Å². The second-order valence-electron chi connectivity index (χ2n) is 5.51. The van der Waals surface area contributed by atoms with Gasteiger partial charge in [-0.15, -0.1) is 0 Å². The van der Waals surface area contributed by atoms with Crippen LogP contribution in [0.2, 0.25) is 0 Å². The van der Waals surface area contributed by atoms with E-state index in [0.29, 0.717) is 19.3 Å². The third kappa shape index (κ3) is 8.01. The molecule has 0 bridgehead atoms. The second kappa shape index (κ2) is 9.54. The van der Waals surface area contributed by atoms with E-state index in [2.05, 4.69) is 0 Å². The minimum atomic E-state index is -1.25. The number of ketones is 1. The van der Waals surface area contributed by atoms with Gasteiger partial charge in [-0.05, 0) is 19.8 Å². The van der Waals surface area contributed by atoms with Crippen LogP contribution in [0.4, 0.5) is 0 Å². The predicted molar refractivity (Wildman–Crippen MR) is 83.1 cm³/mol. The van der Waals surface area contributed by atoms with Crippen LogP contribution in [0, 0.1) is 0 Å². The maximum Gasteiger partial charge on any atom is 0.345 e. The number of thioether (sulfide) groups is 1. The van der Waals surface area contributed by atoms with E-state index in [1.165, 1.54) is 11.8 Å². The number of aliphatic carboxylic acids is 1. The Balaban J connectivity index is 2.60. The monoisotopic (exact) mass is 346 g/mol. The molecule has 0 aromatic heterocycles. The number of ether oxygens (including phenoxy) is 2. The molecule has 1 N–H and O–H groups in total. The molecule has 1 aliphatic rings. The minimum absolute atomic E-state index is 0.0400. The summed E-state index contributed by atoms with van der Waals surface area (Å²) in [6, 6.07) is 0. The lowest BCUT2D eigenvalue weighted by molar-refractivity contribution is -0.160. The zero-order valence-electron chi connectivity index (χ0n) is 13.3. The van der Waals surface area contributed by atoms with Crippen molar-refractivity contribution in [1.29, 1.82) is 0 Å². The normalized spacial score (nSPS) is 24.4. The van der Waals surface area contributed by atoms with Gasteiger partial charge in [0.2, 0.25) is 6.10 Å². The lowest BCUT2D eigenvalue weighted by Gasteiger charge is -2.21. The third-order valence-electron chi connectivity index (χ3n) is 3.36. The second-order valence-corrected chi connectivity index (χ2v) is 6.85. The first-order valence-corrected chi connectivity index (χ1v) is 8.55. The van der Waals surface area contributed by atoms with E-state index >= 15 is 0 Å². The molecule has 0 aliphatic carbocycles. The van der Waals surface area contributed by atoms with Crippen molar-refractivity contribution in [3.05, 3.63) is 0 Å². The van der Waals surface area contributed by atoms with E-state index in [-0.39, 0.29) is 41.7 Å². The van der Waals surface area contributed by atoms with Crippen molar-refractivity contribution in [3.63, 3.8) is 0 Å². The quantitative estimate of drug-likeness (QED) is 0.748. The third-order valence-corrected chi connectivity index (χ3v) is 4.72. The summed E-state index contributed by atoms with van der Waals surface area (Å²) in [7, 11) is 0. The number of carboxylic acid groups (broad SMARTS) is 1. The van der Waals surface area contributed by atoms with Crippen LogP contribution in [-0.4, -0.2) is 52.0 Å². The van der Waals surface area contributed by atoms with Crippen molar-refractivity contribution in [2.75, 3.05) is 5.75 Å². The highest BCUT2D eigenvalue weighted by atomic mass is 32.2. The maximum atomic E-state index is 11.9. The van der Waals surface area contributed by atoms with Crippen molar-refractivity contribution in [2.45, 2.75) is 63.4 Å². The van der Waals surface area contributed by atoms with Gasteiger partial charge in [-0.2, -0.15) is 11.8 Å². The van der Waals surface area contributed by atoms with Crippen LogP contribution < -0.4 is 0 Å². The van der Waals surface area contributed by atoms with E-state index in [1.807, 2.05) is 0 Å². The van der Waals surface area contributed by atoms with Crippen molar-refractivity contribution < 1.29 is 33.8 Å². The largest absolute Gasteiger partial charge is 0.478 e. The first kappa shape index (κ1) is 19.5. The molecule has 1 aliphatic heterocycles. The molecular formula is C15H22O7S. The molecule has 0 unspecified atom stereocenters. The topological polar surface area (TPSA) is 107 Å². The highest BCUT2D eigenvalue weighted by Gasteiger charge is 2.25. The highest BCUT2D eigenvalue weighted by molar-refractivity contribution is 8.00. The van der Waals surface area contributed by atoms with Gasteiger partial charge >= 0.3 is 17.9 Å². The Labute approximate surface area is 139 Å². The Morgan fingerprint density at radius 2 is 2.04 bits per heavy atom. The van der Waals surface area contributed by atoms with Crippen LogP contribution in [0.25, 0.3) is 0 Å². The SMILES string of the molecule is CC(=O)O[C@H](CS[C@H]1CCC(=O)O[C@@H](C)CCC(=O)C1)C(=O)O. The summed E-state index contributed by atoms with van der Waals surface area (Å²) in [6.45, 7) is 2.90. The van der Waals surface area contributed by atoms with Crippen molar-refractivity contribution >= 4 is 35.5 Å². The molecule has 1 rings (SSSR count). The molecule has 0 aromatic rings. The number of rotatable bonds is 5. The summed E-state index contributed by atoms with van der Waals surface area (Å²) in [5.74, 6) is -2.11. The molecule has 23 heavy (non-hydrogen) atoms. The molecule has 0 aromatic carbocycles. The number of hydrogen-bond donors (Lipinski definition) is 1. The number of Topliss-reactive ketones (excluding diaryl/α,β-unsaturated/α-hetero) is 1. The minimum Gasteiger partial charge on any atom is -0.478 e. The molecule has 0 spiro atoms. The first-order chi connectivity index (χ1) is 10.8. The van der Waals surface area contributed by atoms with Crippen molar-refractivity contribution in [2.24, 2.45) is 0 Å². The number of esters is 2. The van der Waals surface area contributed by atoms with Gasteiger partial charge in [-0.25, -0.2) is 4.79 Å². The zero-order valence-corrected chi connectivity index (χ0v) is 14.1. The van der Waals surface area contributed by atoms with Gasteiger partial charge in [0.15, 0.2) is 0 Å². The van der Waals surface area contributed by atoms with E-state index in [1.54, 1.807) is 6.92 Å². The molecule has 3 atom stereocenters. The Morgan fingerprint density at radius 1 is 1.35 bits per heavy atom. The Kier molecular flexibility index (Phi) is 8.08. The lowest BCUT2D eigenvalue weighted by atomic mass is 10.0. The lowest BCUT2D eigenvalue weighted by Crippen LogP contribution is -2.30. The summed E-state index contributed by atoms with van der Waals surface area (Å²) in [4.78, 5) is 45.6. The van der Waals surface area contributed by atoms with Crippen molar-refractivity contribution in [3.8, 4) is 0 Å². The molecule has 1 saturated heterocycles. The van der Waals surface area contributed by atoms with E-state index in [9.17, 15) is 19.2 Å². The molecule has 0 saturated carbocycles. The van der Waals surface area contributed by atoms with Gasteiger partial charge in [0.05, 0.1) is 6.10 Å². The first-order valence-electron chi connectivity index (χ1n) is 7.50. The van der Waals surface area contributed by atoms with Crippen molar-refractivity contribution in [1.82, 2.24) is 0 Å². The van der Waals surface area contributed by atoms with Crippen LogP contribution in [0.15, 0.2) is 0 Å². The molecule has 0 radical (unpaired) electrons. The molecule has 1 fully saturated rings. The van der Waals surface area contributed by atoms with Gasteiger partial charge in [-0.3, -0.25) is 14.4 Å². The summed E-state index contributed by atoms with van der Waals surface area (Å²) >= 11 is 1.23. The molecular weight excluding hydrogens is 324 g/mol. The molecule has 0 amide bonds. The summed E-state index contributed by atoms with van der Waals surface area (Å²) in [5.41, 5.74) is 0. The number of hydrogen-bond acceptors (Lipinski definition) is 7. The summed E-state index contributed by atoms with van der Waals surface area (Å²) < 4.78 is 9.91. The summed E-state index contributed by atoms with van der Waals surface area (Å²) in [5, 5.41) is 8.83. The smallest absolute Gasteiger partial charge is 0.345 e. The summed E-state index contributed by atoms with van der Waals surface area (Å²) in [6.07, 6.45) is 0.183. The Morgan fingerprint density at radius 3 is 2.65 bits per heavy atom.